The standard InChI is InChI=1S/C17H24N2O3S.ClH/c1-11(2)14-5-7-15(8-6-14)16(18)10-19-23(20,21)17-9-12(3)22-13(17)4;/h5-9,11,16,19H,10,18H2,1-4H3;1H. The number of nitrogens with two attached hydrogens (primary N) is 1. The normalized spacial score (nSPS) is 12.9. The highest BCUT2D eigenvalue weighted by Gasteiger charge is 2.21. The average molecular weight is 373 g/mol. The first-order valence-corrected chi connectivity index (χ1v) is 9.11. The molecule has 1 unspecified atom stereocenters. The van der Waals surface area contributed by atoms with Crippen molar-refractivity contribution in [3.63, 3.8) is 0 Å². The molecule has 0 aliphatic carbocycles. The lowest BCUT2D eigenvalue weighted by Crippen LogP contribution is -2.32. The Kier molecular flexibility index (Phi) is 7.04. The Morgan fingerprint density at radius 3 is 2.12 bits per heavy atom. The van der Waals surface area contributed by atoms with Gasteiger partial charge in [0.05, 0.1) is 0 Å². The van der Waals surface area contributed by atoms with Crippen LogP contribution in [0.3, 0.4) is 0 Å². The molecule has 134 valence electrons. The second kappa shape index (κ2) is 8.16. The largest absolute Gasteiger partial charge is 0.465 e. The first-order valence-electron chi connectivity index (χ1n) is 7.63. The summed E-state index contributed by atoms with van der Waals surface area (Å²) in [6.07, 6.45) is 0. The first-order chi connectivity index (χ1) is 10.7. The molecule has 1 aromatic carbocycles. The number of furan rings is 1. The maximum absolute atomic E-state index is 12.3. The van der Waals surface area contributed by atoms with Crippen molar-refractivity contribution in [2.75, 3.05) is 6.54 Å². The zero-order valence-electron chi connectivity index (χ0n) is 14.4. The summed E-state index contributed by atoms with van der Waals surface area (Å²) in [5.74, 6) is 1.40. The molecule has 2 rings (SSSR count). The van der Waals surface area contributed by atoms with Gasteiger partial charge < -0.3 is 10.2 Å². The van der Waals surface area contributed by atoms with Gasteiger partial charge in [-0.05, 0) is 37.0 Å². The Hall–Kier alpha value is -1.34. The molecule has 24 heavy (non-hydrogen) atoms. The summed E-state index contributed by atoms with van der Waals surface area (Å²) in [6, 6.07) is 9.05. The van der Waals surface area contributed by atoms with Gasteiger partial charge in [0, 0.05) is 12.6 Å². The Labute approximate surface area is 150 Å². The van der Waals surface area contributed by atoms with E-state index in [0.29, 0.717) is 17.4 Å². The summed E-state index contributed by atoms with van der Waals surface area (Å²) in [5, 5.41) is 0. The molecule has 2 aromatic rings. The maximum Gasteiger partial charge on any atom is 0.244 e. The van der Waals surface area contributed by atoms with Crippen molar-refractivity contribution in [3.8, 4) is 0 Å². The minimum absolute atomic E-state index is 0. The van der Waals surface area contributed by atoms with Gasteiger partial charge in [-0.3, -0.25) is 0 Å². The fraction of sp³-hybridized carbons (Fsp3) is 0.412. The van der Waals surface area contributed by atoms with Gasteiger partial charge in [-0.15, -0.1) is 12.4 Å². The van der Waals surface area contributed by atoms with E-state index in [9.17, 15) is 8.42 Å². The summed E-state index contributed by atoms with van der Waals surface area (Å²) < 4.78 is 32.5. The Bertz CT molecular complexity index is 768. The molecule has 0 aliphatic heterocycles. The van der Waals surface area contributed by atoms with Crippen LogP contribution in [-0.2, 0) is 10.0 Å². The lowest BCUT2D eigenvalue weighted by molar-refractivity contribution is 0.495. The van der Waals surface area contributed by atoms with Crippen LogP contribution in [0.2, 0.25) is 0 Å². The van der Waals surface area contributed by atoms with Crippen LogP contribution in [0, 0.1) is 13.8 Å². The predicted octanol–water partition coefficient (Wildman–Crippen LogP) is 3.42. The van der Waals surface area contributed by atoms with E-state index in [-0.39, 0.29) is 23.8 Å². The van der Waals surface area contributed by atoms with E-state index >= 15 is 0 Å². The van der Waals surface area contributed by atoms with Crippen LogP contribution >= 0.6 is 12.4 Å². The second-order valence-electron chi connectivity index (χ2n) is 6.06. The number of hydrogen-bond acceptors (Lipinski definition) is 4. The van der Waals surface area contributed by atoms with E-state index < -0.39 is 16.1 Å². The van der Waals surface area contributed by atoms with Crippen LogP contribution in [0.25, 0.3) is 0 Å². The van der Waals surface area contributed by atoms with Crippen LogP contribution in [-0.4, -0.2) is 15.0 Å². The Balaban J connectivity index is 0.00000288. The molecule has 0 saturated carbocycles. The highest BCUT2D eigenvalue weighted by molar-refractivity contribution is 7.89. The third kappa shape index (κ3) is 4.83. The zero-order valence-corrected chi connectivity index (χ0v) is 16.0. The number of halogens is 1. The molecule has 0 radical (unpaired) electrons. The third-order valence-corrected chi connectivity index (χ3v) is 5.34. The fourth-order valence-corrected chi connectivity index (χ4v) is 3.69. The van der Waals surface area contributed by atoms with Crippen LogP contribution in [0.5, 0.6) is 0 Å². The third-order valence-electron chi connectivity index (χ3n) is 3.81. The number of rotatable bonds is 6. The molecule has 1 heterocycles. The molecule has 0 saturated heterocycles. The van der Waals surface area contributed by atoms with Crippen LogP contribution in [0.1, 0.15) is 48.5 Å². The van der Waals surface area contributed by atoms with Gasteiger partial charge in [0.25, 0.3) is 0 Å². The number of aryl methyl sites for hydroxylation is 2. The van der Waals surface area contributed by atoms with Crippen molar-refractivity contribution < 1.29 is 12.8 Å². The van der Waals surface area contributed by atoms with Gasteiger partial charge in [0.2, 0.25) is 10.0 Å². The minimum atomic E-state index is -3.62. The summed E-state index contributed by atoms with van der Waals surface area (Å²) in [7, 11) is -3.62. The smallest absolute Gasteiger partial charge is 0.244 e. The van der Waals surface area contributed by atoms with Crippen LogP contribution in [0.15, 0.2) is 39.6 Å². The minimum Gasteiger partial charge on any atom is -0.465 e. The van der Waals surface area contributed by atoms with E-state index in [1.807, 2.05) is 24.3 Å². The lowest BCUT2D eigenvalue weighted by atomic mass is 9.99. The molecule has 0 spiro atoms. The van der Waals surface area contributed by atoms with Gasteiger partial charge in [0.1, 0.15) is 16.4 Å². The van der Waals surface area contributed by atoms with Crippen molar-refractivity contribution in [1.82, 2.24) is 4.72 Å². The lowest BCUT2D eigenvalue weighted by Gasteiger charge is -2.14. The summed E-state index contributed by atoms with van der Waals surface area (Å²) in [6.45, 7) is 7.73. The number of sulfonamides is 1. The molecule has 0 bridgehead atoms. The quantitative estimate of drug-likeness (QED) is 0.813. The fourth-order valence-electron chi connectivity index (χ4n) is 2.40. The molecular weight excluding hydrogens is 348 g/mol. The van der Waals surface area contributed by atoms with E-state index in [4.69, 9.17) is 10.2 Å². The van der Waals surface area contributed by atoms with Crippen molar-refractivity contribution in [2.45, 2.75) is 44.6 Å². The monoisotopic (exact) mass is 372 g/mol. The van der Waals surface area contributed by atoms with Crippen LogP contribution < -0.4 is 10.5 Å². The molecule has 5 nitrogen and oxygen atoms in total. The summed E-state index contributed by atoms with van der Waals surface area (Å²) in [4.78, 5) is 0.164. The zero-order chi connectivity index (χ0) is 17.2. The molecular formula is C17H25ClN2O3S. The Morgan fingerprint density at radius 1 is 1.12 bits per heavy atom. The van der Waals surface area contributed by atoms with E-state index in [0.717, 1.165) is 5.56 Å². The molecule has 0 aliphatic rings. The van der Waals surface area contributed by atoms with E-state index in [1.54, 1.807) is 13.8 Å². The summed E-state index contributed by atoms with van der Waals surface area (Å²) >= 11 is 0. The summed E-state index contributed by atoms with van der Waals surface area (Å²) in [5.41, 5.74) is 8.23. The molecule has 7 heteroatoms. The van der Waals surface area contributed by atoms with Gasteiger partial charge in [-0.25, -0.2) is 13.1 Å². The highest BCUT2D eigenvalue weighted by Crippen LogP contribution is 2.20. The van der Waals surface area contributed by atoms with Crippen molar-refractivity contribution in [3.05, 3.63) is 53.0 Å². The number of hydrogen-bond donors (Lipinski definition) is 2. The van der Waals surface area contributed by atoms with E-state index in [2.05, 4.69) is 18.6 Å². The van der Waals surface area contributed by atoms with Gasteiger partial charge >= 0.3 is 0 Å². The first kappa shape index (κ1) is 20.7. The molecule has 1 atom stereocenters. The predicted molar refractivity (Wildman–Crippen MR) is 98.1 cm³/mol. The molecule has 0 fully saturated rings. The molecule has 0 amide bonds. The van der Waals surface area contributed by atoms with Crippen molar-refractivity contribution in [1.29, 1.82) is 0 Å². The van der Waals surface area contributed by atoms with Crippen LogP contribution in [0.4, 0.5) is 0 Å². The second-order valence-corrected chi connectivity index (χ2v) is 7.79. The number of benzene rings is 1. The van der Waals surface area contributed by atoms with E-state index in [1.165, 1.54) is 11.6 Å². The topological polar surface area (TPSA) is 85.3 Å². The SMILES string of the molecule is Cc1cc(S(=O)(=O)NCC(N)c2ccc(C(C)C)cc2)c(C)o1.Cl. The van der Waals surface area contributed by atoms with Crippen molar-refractivity contribution in [2.24, 2.45) is 5.73 Å². The molecule has 1 aromatic heterocycles. The van der Waals surface area contributed by atoms with Gasteiger partial charge in [-0.1, -0.05) is 38.1 Å². The van der Waals surface area contributed by atoms with Gasteiger partial charge in [0.15, 0.2) is 0 Å². The van der Waals surface area contributed by atoms with Gasteiger partial charge in [-0.2, -0.15) is 0 Å². The highest BCUT2D eigenvalue weighted by atomic mass is 35.5. The molecule has 3 N–H and O–H groups in total. The average Bonchev–Trinajstić information content (AvgIpc) is 2.84. The number of nitrogens with one attached hydrogen (secondary N) is 1. The van der Waals surface area contributed by atoms with Crippen molar-refractivity contribution >= 4 is 22.4 Å². The maximum atomic E-state index is 12.3. The Morgan fingerprint density at radius 2 is 1.67 bits per heavy atom.